The van der Waals surface area contributed by atoms with Crippen LogP contribution >= 0.6 is 0 Å². The number of hydrogen-bond acceptors (Lipinski definition) is 4. The van der Waals surface area contributed by atoms with Gasteiger partial charge in [-0.05, 0) is 6.92 Å². The fourth-order valence-electron chi connectivity index (χ4n) is 1.77. The minimum Gasteiger partial charge on any atom is -0.387 e. The molecule has 0 bridgehead atoms. The maximum Gasteiger partial charge on any atom is 0.248 e. The van der Waals surface area contributed by atoms with Crippen molar-refractivity contribution in [1.29, 1.82) is 5.26 Å². The van der Waals surface area contributed by atoms with E-state index < -0.39 is 6.61 Å². The summed E-state index contributed by atoms with van der Waals surface area (Å²) in [6, 6.07) is 2.40. The second kappa shape index (κ2) is 5.69. The fraction of sp³-hybridized carbons (Fsp3) is 0.800. The molecule has 5 heteroatoms. The van der Waals surface area contributed by atoms with E-state index in [1.54, 1.807) is 4.90 Å². The molecule has 0 spiro atoms. The van der Waals surface area contributed by atoms with Gasteiger partial charge in [-0.1, -0.05) is 0 Å². The van der Waals surface area contributed by atoms with Crippen molar-refractivity contribution in [2.45, 2.75) is 19.4 Å². The summed E-state index contributed by atoms with van der Waals surface area (Å²) in [6.07, 6.45) is 0.522. The van der Waals surface area contributed by atoms with Crippen molar-refractivity contribution in [3.05, 3.63) is 0 Å². The maximum atomic E-state index is 11.2. The molecule has 0 aromatic carbocycles. The molecule has 5 nitrogen and oxygen atoms in total. The van der Waals surface area contributed by atoms with Gasteiger partial charge in [0.25, 0.3) is 0 Å². The van der Waals surface area contributed by atoms with Crippen LogP contribution in [0.1, 0.15) is 13.3 Å². The van der Waals surface area contributed by atoms with Crippen LogP contribution in [0.3, 0.4) is 0 Å². The van der Waals surface area contributed by atoms with Crippen molar-refractivity contribution in [3.63, 3.8) is 0 Å². The molecule has 1 fully saturated rings. The summed E-state index contributed by atoms with van der Waals surface area (Å²) in [6.45, 7) is 4.48. The Morgan fingerprint density at radius 3 is 2.53 bits per heavy atom. The zero-order valence-electron chi connectivity index (χ0n) is 9.02. The van der Waals surface area contributed by atoms with Gasteiger partial charge < -0.3 is 10.0 Å². The molecule has 0 radical (unpaired) electrons. The molecule has 84 valence electrons. The third kappa shape index (κ3) is 3.18. The van der Waals surface area contributed by atoms with Gasteiger partial charge in [-0.25, -0.2) is 0 Å². The molecule has 1 amide bonds. The summed E-state index contributed by atoms with van der Waals surface area (Å²) in [5.74, 6) is -0.206. The van der Waals surface area contributed by atoms with Crippen LogP contribution in [-0.4, -0.2) is 59.6 Å². The number of nitriles is 1. The van der Waals surface area contributed by atoms with Crippen LogP contribution in [0.25, 0.3) is 0 Å². The van der Waals surface area contributed by atoms with E-state index in [-0.39, 0.29) is 11.9 Å². The van der Waals surface area contributed by atoms with Crippen molar-refractivity contribution >= 4 is 5.91 Å². The maximum absolute atomic E-state index is 11.2. The number of piperazine rings is 1. The molecule has 1 rings (SSSR count). The summed E-state index contributed by atoms with van der Waals surface area (Å²) >= 11 is 0. The highest BCUT2D eigenvalue weighted by Crippen LogP contribution is 2.08. The Hall–Kier alpha value is -1.12. The number of carbonyl (C=O) groups excluding carboxylic acids is 1. The summed E-state index contributed by atoms with van der Waals surface area (Å²) in [7, 11) is 0. The van der Waals surface area contributed by atoms with Crippen LogP contribution in [-0.2, 0) is 4.79 Å². The number of hydrogen-bond donors (Lipinski definition) is 1. The van der Waals surface area contributed by atoms with Crippen LogP contribution in [0.4, 0.5) is 0 Å². The van der Waals surface area contributed by atoms with Gasteiger partial charge >= 0.3 is 0 Å². The molecule has 1 aliphatic heterocycles. The molecule has 1 saturated heterocycles. The normalized spacial score (nSPS) is 19.7. The van der Waals surface area contributed by atoms with Crippen molar-refractivity contribution < 1.29 is 9.90 Å². The first-order valence-electron chi connectivity index (χ1n) is 5.18. The molecular weight excluding hydrogens is 194 g/mol. The van der Waals surface area contributed by atoms with Crippen LogP contribution in [0.5, 0.6) is 0 Å². The molecule has 1 heterocycles. The highest BCUT2D eigenvalue weighted by atomic mass is 16.3. The lowest BCUT2D eigenvalue weighted by molar-refractivity contribution is -0.136. The Labute approximate surface area is 89.9 Å². The van der Waals surface area contributed by atoms with Gasteiger partial charge in [0, 0.05) is 32.2 Å². The van der Waals surface area contributed by atoms with E-state index in [1.165, 1.54) is 0 Å². The molecular formula is C10H17N3O2. The first kappa shape index (κ1) is 12.0. The zero-order valence-corrected chi connectivity index (χ0v) is 9.02. The fourth-order valence-corrected chi connectivity index (χ4v) is 1.77. The predicted molar refractivity (Wildman–Crippen MR) is 54.9 cm³/mol. The lowest BCUT2D eigenvalue weighted by Crippen LogP contribution is -2.51. The topological polar surface area (TPSA) is 67.6 Å². The number of amides is 1. The Morgan fingerprint density at radius 1 is 1.47 bits per heavy atom. The Morgan fingerprint density at radius 2 is 2.07 bits per heavy atom. The van der Waals surface area contributed by atoms with Crippen LogP contribution in [0, 0.1) is 11.3 Å². The van der Waals surface area contributed by atoms with E-state index in [4.69, 9.17) is 10.4 Å². The van der Waals surface area contributed by atoms with Gasteiger partial charge in [-0.3, -0.25) is 9.69 Å². The first-order chi connectivity index (χ1) is 7.19. The minimum atomic E-state index is -0.409. The molecule has 15 heavy (non-hydrogen) atoms. The third-order valence-corrected chi connectivity index (χ3v) is 2.81. The Balaban J connectivity index is 2.36. The van der Waals surface area contributed by atoms with Crippen molar-refractivity contribution in [2.75, 3.05) is 32.8 Å². The van der Waals surface area contributed by atoms with Crippen molar-refractivity contribution in [1.82, 2.24) is 9.80 Å². The van der Waals surface area contributed by atoms with Crippen LogP contribution in [0.2, 0.25) is 0 Å². The van der Waals surface area contributed by atoms with Gasteiger partial charge in [-0.15, -0.1) is 0 Å². The van der Waals surface area contributed by atoms with E-state index >= 15 is 0 Å². The largest absolute Gasteiger partial charge is 0.387 e. The van der Waals surface area contributed by atoms with Crippen LogP contribution in [0.15, 0.2) is 0 Å². The number of nitrogens with zero attached hydrogens (tertiary/aromatic N) is 3. The molecule has 0 aromatic heterocycles. The van der Waals surface area contributed by atoms with Crippen molar-refractivity contribution in [2.24, 2.45) is 0 Å². The molecule has 0 aliphatic carbocycles. The third-order valence-electron chi connectivity index (χ3n) is 2.81. The van der Waals surface area contributed by atoms with Gasteiger partial charge in [0.15, 0.2) is 0 Å². The van der Waals surface area contributed by atoms with Gasteiger partial charge in [0.05, 0.1) is 12.5 Å². The molecule has 1 aliphatic rings. The summed E-state index contributed by atoms with van der Waals surface area (Å²) in [5.41, 5.74) is 0. The van der Waals surface area contributed by atoms with Crippen molar-refractivity contribution in [3.8, 4) is 6.07 Å². The Kier molecular flexibility index (Phi) is 4.53. The summed E-state index contributed by atoms with van der Waals surface area (Å²) in [4.78, 5) is 15.0. The van der Waals surface area contributed by atoms with E-state index in [1.807, 2.05) is 6.92 Å². The molecule has 1 N–H and O–H groups in total. The van der Waals surface area contributed by atoms with E-state index in [2.05, 4.69) is 11.0 Å². The standard InChI is InChI=1S/C10H17N3O2/c1-9(2-3-11)12-4-6-13(7-5-12)10(15)8-14/h9,14H,2,4-8H2,1H3. The number of aliphatic hydroxyl groups is 1. The van der Waals surface area contributed by atoms with Crippen LogP contribution < -0.4 is 0 Å². The highest BCUT2D eigenvalue weighted by molar-refractivity contribution is 5.77. The molecule has 0 aromatic rings. The van der Waals surface area contributed by atoms with Gasteiger partial charge in [0.2, 0.25) is 5.91 Å². The molecule has 1 unspecified atom stereocenters. The molecule has 1 atom stereocenters. The average molecular weight is 211 g/mol. The summed E-state index contributed by atoms with van der Waals surface area (Å²) in [5, 5.41) is 17.3. The van der Waals surface area contributed by atoms with E-state index in [9.17, 15) is 4.79 Å². The van der Waals surface area contributed by atoms with Gasteiger partial charge in [-0.2, -0.15) is 5.26 Å². The Bertz CT molecular complexity index is 254. The smallest absolute Gasteiger partial charge is 0.248 e. The molecule has 0 saturated carbocycles. The van der Waals surface area contributed by atoms with Gasteiger partial charge in [0.1, 0.15) is 6.61 Å². The monoisotopic (exact) mass is 211 g/mol. The zero-order chi connectivity index (χ0) is 11.3. The van der Waals surface area contributed by atoms with E-state index in [0.29, 0.717) is 19.5 Å². The summed E-state index contributed by atoms with van der Waals surface area (Å²) < 4.78 is 0. The number of carbonyl (C=O) groups is 1. The predicted octanol–water partition coefficient (Wildman–Crippen LogP) is -0.575. The lowest BCUT2D eigenvalue weighted by Gasteiger charge is -2.37. The second-order valence-electron chi connectivity index (χ2n) is 3.79. The second-order valence-corrected chi connectivity index (χ2v) is 3.79. The minimum absolute atomic E-state index is 0.206. The quantitative estimate of drug-likeness (QED) is 0.678. The first-order valence-corrected chi connectivity index (χ1v) is 5.18. The average Bonchev–Trinajstić information content (AvgIpc) is 2.28. The highest BCUT2D eigenvalue weighted by Gasteiger charge is 2.23. The number of rotatable bonds is 3. The number of aliphatic hydroxyl groups excluding tert-OH is 1. The lowest BCUT2D eigenvalue weighted by atomic mass is 10.2. The van der Waals surface area contributed by atoms with E-state index in [0.717, 1.165) is 13.1 Å². The SMILES string of the molecule is CC(CC#N)N1CCN(C(=O)CO)CC1.